The Balaban J connectivity index is 2.26. The quantitative estimate of drug-likeness (QED) is 0.656. The van der Waals surface area contributed by atoms with Gasteiger partial charge in [0.2, 0.25) is 0 Å². The summed E-state index contributed by atoms with van der Waals surface area (Å²) in [5.74, 6) is 1.49. The van der Waals surface area contributed by atoms with Gasteiger partial charge in [0, 0.05) is 26.4 Å². The molecule has 0 aliphatic heterocycles. The van der Waals surface area contributed by atoms with Crippen molar-refractivity contribution < 1.29 is 9.47 Å². The van der Waals surface area contributed by atoms with Crippen LogP contribution in [-0.2, 0) is 9.47 Å². The standard InChI is InChI=1S/C12H24O2/c1-3-13-9-11-7-5-6-8-12(11)10-14-4-2/h11-12H,3-10H2,1-2H3/t11-,12?/m0/s1. The molecular weight excluding hydrogens is 176 g/mol. The zero-order valence-corrected chi connectivity index (χ0v) is 9.63. The molecular formula is C12H24O2. The number of hydrogen-bond acceptors (Lipinski definition) is 2. The summed E-state index contributed by atoms with van der Waals surface area (Å²) in [7, 11) is 0. The molecule has 0 spiro atoms. The molecule has 1 fully saturated rings. The minimum absolute atomic E-state index is 0.746. The topological polar surface area (TPSA) is 18.5 Å². The normalized spacial score (nSPS) is 27.9. The third-order valence-corrected chi connectivity index (χ3v) is 3.14. The average Bonchev–Trinajstić information content (AvgIpc) is 2.24. The molecule has 2 atom stereocenters. The van der Waals surface area contributed by atoms with E-state index >= 15 is 0 Å². The molecule has 0 aromatic heterocycles. The van der Waals surface area contributed by atoms with Crippen molar-refractivity contribution in [3.05, 3.63) is 0 Å². The van der Waals surface area contributed by atoms with Crippen molar-refractivity contribution in [1.29, 1.82) is 0 Å². The molecule has 84 valence electrons. The second kappa shape index (κ2) is 7.24. The Morgan fingerprint density at radius 3 is 1.64 bits per heavy atom. The Bertz CT molecular complexity index is 120. The van der Waals surface area contributed by atoms with Crippen LogP contribution in [0.5, 0.6) is 0 Å². The lowest BCUT2D eigenvalue weighted by molar-refractivity contribution is 0.0206. The van der Waals surface area contributed by atoms with Crippen molar-refractivity contribution in [3.8, 4) is 0 Å². The van der Waals surface area contributed by atoms with Crippen molar-refractivity contribution >= 4 is 0 Å². The van der Waals surface area contributed by atoms with Crippen LogP contribution in [-0.4, -0.2) is 26.4 Å². The Morgan fingerprint density at radius 1 is 0.857 bits per heavy atom. The van der Waals surface area contributed by atoms with Gasteiger partial charge in [-0.15, -0.1) is 0 Å². The van der Waals surface area contributed by atoms with Crippen LogP contribution < -0.4 is 0 Å². The van der Waals surface area contributed by atoms with E-state index in [9.17, 15) is 0 Å². The summed E-state index contributed by atoms with van der Waals surface area (Å²) < 4.78 is 11.1. The highest BCUT2D eigenvalue weighted by Gasteiger charge is 2.24. The molecule has 14 heavy (non-hydrogen) atoms. The van der Waals surface area contributed by atoms with Gasteiger partial charge in [0.25, 0.3) is 0 Å². The first-order chi connectivity index (χ1) is 6.88. The van der Waals surface area contributed by atoms with Crippen LogP contribution in [0.1, 0.15) is 39.5 Å². The Labute approximate surface area is 88.0 Å². The van der Waals surface area contributed by atoms with E-state index in [-0.39, 0.29) is 0 Å². The molecule has 2 heteroatoms. The first kappa shape index (κ1) is 12.0. The third kappa shape index (κ3) is 3.97. The van der Waals surface area contributed by atoms with Gasteiger partial charge < -0.3 is 9.47 Å². The maximum Gasteiger partial charge on any atom is 0.0497 e. The fourth-order valence-corrected chi connectivity index (χ4v) is 2.26. The summed E-state index contributed by atoms with van der Waals surface area (Å²) in [5, 5.41) is 0. The van der Waals surface area contributed by atoms with Gasteiger partial charge in [0.15, 0.2) is 0 Å². The minimum Gasteiger partial charge on any atom is -0.381 e. The van der Waals surface area contributed by atoms with Crippen LogP contribution in [0.2, 0.25) is 0 Å². The molecule has 1 saturated carbocycles. The van der Waals surface area contributed by atoms with Gasteiger partial charge in [-0.05, 0) is 38.5 Å². The van der Waals surface area contributed by atoms with Gasteiger partial charge in [-0.2, -0.15) is 0 Å². The molecule has 0 heterocycles. The van der Waals surface area contributed by atoms with Crippen LogP contribution in [0.4, 0.5) is 0 Å². The van der Waals surface area contributed by atoms with E-state index in [2.05, 4.69) is 13.8 Å². The largest absolute Gasteiger partial charge is 0.381 e. The highest BCUT2D eigenvalue weighted by atomic mass is 16.5. The van der Waals surface area contributed by atoms with E-state index < -0.39 is 0 Å². The van der Waals surface area contributed by atoms with Crippen LogP contribution in [0.25, 0.3) is 0 Å². The molecule has 1 unspecified atom stereocenters. The molecule has 1 rings (SSSR count). The lowest BCUT2D eigenvalue weighted by Crippen LogP contribution is -2.27. The van der Waals surface area contributed by atoms with E-state index in [1.54, 1.807) is 0 Å². The van der Waals surface area contributed by atoms with Gasteiger partial charge in [0.1, 0.15) is 0 Å². The van der Waals surface area contributed by atoms with E-state index in [0.29, 0.717) is 0 Å². The minimum atomic E-state index is 0.746. The number of rotatable bonds is 6. The molecule has 2 nitrogen and oxygen atoms in total. The predicted octanol–water partition coefficient (Wildman–Crippen LogP) is 2.87. The second-order valence-electron chi connectivity index (χ2n) is 4.12. The van der Waals surface area contributed by atoms with Crippen molar-refractivity contribution in [1.82, 2.24) is 0 Å². The Kier molecular flexibility index (Phi) is 6.20. The Morgan fingerprint density at radius 2 is 1.29 bits per heavy atom. The molecule has 0 N–H and O–H groups in total. The lowest BCUT2D eigenvalue weighted by atomic mass is 9.80. The average molecular weight is 200 g/mol. The van der Waals surface area contributed by atoms with E-state index in [1.165, 1.54) is 25.7 Å². The van der Waals surface area contributed by atoms with E-state index in [0.717, 1.165) is 38.3 Å². The predicted molar refractivity (Wildman–Crippen MR) is 58.4 cm³/mol. The first-order valence-electron chi connectivity index (χ1n) is 6.04. The van der Waals surface area contributed by atoms with E-state index in [4.69, 9.17) is 9.47 Å². The van der Waals surface area contributed by atoms with Crippen LogP contribution in [0, 0.1) is 11.8 Å². The monoisotopic (exact) mass is 200 g/mol. The fraction of sp³-hybridized carbons (Fsp3) is 1.00. The van der Waals surface area contributed by atoms with Gasteiger partial charge in [-0.3, -0.25) is 0 Å². The maximum absolute atomic E-state index is 5.53. The SMILES string of the molecule is CCOCC1CCCC[C@H]1COCC. The smallest absolute Gasteiger partial charge is 0.0497 e. The highest BCUT2D eigenvalue weighted by molar-refractivity contribution is 4.75. The van der Waals surface area contributed by atoms with Crippen molar-refractivity contribution in [2.75, 3.05) is 26.4 Å². The Hall–Kier alpha value is -0.0800. The van der Waals surface area contributed by atoms with Crippen molar-refractivity contribution in [2.24, 2.45) is 11.8 Å². The second-order valence-corrected chi connectivity index (χ2v) is 4.12. The summed E-state index contributed by atoms with van der Waals surface area (Å²) in [6.07, 6.45) is 5.41. The summed E-state index contributed by atoms with van der Waals surface area (Å²) >= 11 is 0. The maximum atomic E-state index is 5.53. The van der Waals surface area contributed by atoms with Gasteiger partial charge in [-0.25, -0.2) is 0 Å². The molecule has 0 amide bonds. The van der Waals surface area contributed by atoms with Crippen molar-refractivity contribution in [2.45, 2.75) is 39.5 Å². The third-order valence-electron chi connectivity index (χ3n) is 3.14. The van der Waals surface area contributed by atoms with Crippen LogP contribution >= 0.6 is 0 Å². The first-order valence-corrected chi connectivity index (χ1v) is 6.04. The molecule has 0 saturated heterocycles. The van der Waals surface area contributed by atoms with Gasteiger partial charge in [0.05, 0.1) is 0 Å². The molecule has 0 aromatic carbocycles. The summed E-state index contributed by atoms with van der Waals surface area (Å²) in [5.41, 5.74) is 0. The van der Waals surface area contributed by atoms with Crippen molar-refractivity contribution in [3.63, 3.8) is 0 Å². The summed E-state index contributed by atoms with van der Waals surface area (Å²) in [6.45, 7) is 7.71. The lowest BCUT2D eigenvalue weighted by Gasteiger charge is -2.31. The van der Waals surface area contributed by atoms with E-state index in [1.807, 2.05) is 0 Å². The molecule has 0 aromatic rings. The molecule has 1 aliphatic rings. The summed E-state index contributed by atoms with van der Waals surface area (Å²) in [4.78, 5) is 0. The zero-order valence-electron chi connectivity index (χ0n) is 9.63. The molecule has 0 radical (unpaired) electrons. The van der Waals surface area contributed by atoms with Gasteiger partial charge >= 0.3 is 0 Å². The van der Waals surface area contributed by atoms with Crippen LogP contribution in [0.15, 0.2) is 0 Å². The number of hydrogen-bond donors (Lipinski definition) is 0. The fourth-order valence-electron chi connectivity index (χ4n) is 2.26. The van der Waals surface area contributed by atoms with Crippen LogP contribution in [0.3, 0.4) is 0 Å². The number of ether oxygens (including phenoxy) is 2. The van der Waals surface area contributed by atoms with Gasteiger partial charge in [-0.1, -0.05) is 12.8 Å². The molecule has 0 bridgehead atoms. The highest BCUT2D eigenvalue weighted by Crippen LogP contribution is 2.30. The zero-order chi connectivity index (χ0) is 10.2. The summed E-state index contributed by atoms with van der Waals surface area (Å²) in [6, 6.07) is 0. The molecule has 1 aliphatic carbocycles.